The number of aryl methyl sites for hydroxylation is 1. The van der Waals surface area contributed by atoms with Crippen molar-refractivity contribution < 1.29 is 9.59 Å². The zero-order valence-corrected chi connectivity index (χ0v) is 12.7. The van der Waals surface area contributed by atoms with Crippen LogP contribution in [0.15, 0.2) is 12.1 Å². The lowest BCUT2D eigenvalue weighted by atomic mass is 10.4. The van der Waals surface area contributed by atoms with Crippen molar-refractivity contribution in [2.24, 2.45) is 0 Å². The first-order chi connectivity index (χ1) is 8.90. The smallest absolute Gasteiger partial charge is 0.317 e. The van der Waals surface area contributed by atoms with Gasteiger partial charge < -0.3 is 15.1 Å². The molecule has 3 amide bonds. The fourth-order valence-corrected chi connectivity index (χ4v) is 2.45. The third-order valence-corrected chi connectivity index (χ3v) is 3.64. The molecule has 0 aliphatic carbocycles. The summed E-state index contributed by atoms with van der Waals surface area (Å²) in [5, 5.41) is 2.74. The van der Waals surface area contributed by atoms with E-state index in [1.807, 2.05) is 19.1 Å². The highest BCUT2D eigenvalue weighted by molar-refractivity contribution is 7.11. The Hall–Kier alpha value is -1.56. The summed E-state index contributed by atoms with van der Waals surface area (Å²) in [7, 11) is 5.16. The Balaban J connectivity index is 2.31. The Kier molecular flexibility index (Phi) is 5.82. The van der Waals surface area contributed by atoms with Crippen LogP contribution in [0.25, 0.3) is 0 Å². The van der Waals surface area contributed by atoms with Gasteiger partial charge in [0, 0.05) is 43.9 Å². The predicted molar refractivity (Wildman–Crippen MR) is 77.2 cm³/mol. The summed E-state index contributed by atoms with van der Waals surface area (Å²) in [6.45, 7) is 3.00. The second kappa shape index (κ2) is 7.13. The van der Waals surface area contributed by atoms with E-state index in [-0.39, 0.29) is 11.9 Å². The third kappa shape index (κ3) is 5.30. The molecule has 0 saturated heterocycles. The highest BCUT2D eigenvalue weighted by Crippen LogP contribution is 2.16. The van der Waals surface area contributed by atoms with E-state index < -0.39 is 0 Å². The number of amides is 3. The van der Waals surface area contributed by atoms with Gasteiger partial charge in [-0.3, -0.25) is 4.79 Å². The molecule has 1 rings (SSSR count). The van der Waals surface area contributed by atoms with Gasteiger partial charge in [0.25, 0.3) is 0 Å². The van der Waals surface area contributed by atoms with Crippen LogP contribution >= 0.6 is 11.3 Å². The van der Waals surface area contributed by atoms with Crippen molar-refractivity contribution in [3.8, 4) is 0 Å². The number of carbonyl (C=O) groups excluding carboxylic acids is 2. The van der Waals surface area contributed by atoms with E-state index in [1.54, 1.807) is 37.4 Å². The standard InChI is InChI=1S/C13H21N3O2S/c1-10-5-6-11(19-10)9-16(4)13(18)14-8-7-12(17)15(2)3/h5-6H,7-9H2,1-4H3,(H,14,18). The lowest BCUT2D eigenvalue weighted by Crippen LogP contribution is -2.38. The number of hydrogen-bond acceptors (Lipinski definition) is 3. The van der Waals surface area contributed by atoms with Crippen LogP contribution in [0.2, 0.25) is 0 Å². The van der Waals surface area contributed by atoms with Gasteiger partial charge in [-0.15, -0.1) is 11.3 Å². The molecule has 5 nitrogen and oxygen atoms in total. The van der Waals surface area contributed by atoms with Gasteiger partial charge in [0.2, 0.25) is 5.91 Å². The van der Waals surface area contributed by atoms with Crippen LogP contribution in [0.4, 0.5) is 4.79 Å². The van der Waals surface area contributed by atoms with Gasteiger partial charge in [-0.05, 0) is 19.1 Å². The van der Waals surface area contributed by atoms with Crippen molar-refractivity contribution in [1.29, 1.82) is 0 Å². The minimum absolute atomic E-state index is 0.0110. The largest absolute Gasteiger partial charge is 0.349 e. The number of carbonyl (C=O) groups is 2. The van der Waals surface area contributed by atoms with Gasteiger partial charge >= 0.3 is 6.03 Å². The maximum Gasteiger partial charge on any atom is 0.317 e. The normalized spacial score (nSPS) is 10.1. The Morgan fingerprint density at radius 2 is 1.95 bits per heavy atom. The van der Waals surface area contributed by atoms with E-state index in [4.69, 9.17) is 0 Å². The van der Waals surface area contributed by atoms with Gasteiger partial charge in [0.05, 0.1) is 6.54 Å². The van der Waals surface area contributed by atoms with E-state index in [9.17, 15) is 9.59 Å². The summed E-state index contributed by atoms with van der Waals surface area (Å²) in [5.74, 6) is 0.0110. The van der Waals surface area contributed by atoms with Gasteiger partial charge in [-0.25, -0.2) is 4.79 Å². The first-order valence-electron chi connectivity index (χ1n) is 6.14. The molecule has 0 atom stereocenters. The zero-order valence-electron chi connectivity index (χ0n) is 11.9. The molecular formula is C13H21N3O2S. The zero-order chi connectivity index (χ0) is 14.4. The van der Waals surface area contributed by atoms with Crippen molar-refractivity contribution in [2.75, 3.05) is 27.7 Å². The van der Waals surface area contributed by atoms with Gasteiger partial charge in [-0.1, -0.05) is 0 Å². The number of thiophene rings is 1. The van der Waals surface area contributed by atoms with E-state index in [0.717, 1.165) is 4.88 Å². The first-order valence-corrected chi connectivity index (χ1v) is 6.96. The van der Waals surface area contributed by atoms with Gasteiger partial charge in [0.15, 0.2) is 0 Å². The second-order valence-corrected chi connectivity index (χ2v) is 6.01. The van der Waals surface area contributed by atoms with Crippen LogP contribution in [0, 0.1) is 6.92 Å². The highest BCUT2D eigenvalue weighted by atomic mass is 32.1. The second-order valence-electron chi connectivity index (χ2n) is 4.64. The summed E-state index contributed by atoms with van der Waals surface area (Å²) < 4.78 is 0. The molecular weight excluding hydrogens is 262 g/mol. The number of hydrogen-bond donors (Lipinski definition) is 1. The average molecular weight is 283 g/mol. The molecule has 0 spiro atoms. The monoisotopic (exact) mass is 283 g/mol. The maximum absolute atomic E-state index is 11.8. The molecule has 0 aliphatic rings. The Morgan fingerprint density at radius 1 is 1.26 bits per heavy atom. The minimum atomic E-state index is -0.155. The molecule has 0 bridgehead atoms. The topological polar surface area (TPSA) is 52.7 Å². The lowest BCUT2D eigenvalue weighted by Gasteiger charge is -2.17. The van der Waals surface area contributed by atoms with Crippen molar-refractivity contribution in [2.45, 2.75) is 19.9 Å². The number of urea groups is 1. The molecule has 1 aromatic rings. The van der Waals surface area contributed by atoms with Crippen LogP contribution in [-0.4, -0.2) is 49.4 Å². The van der Waals surface area contributed by atoms with Crippen LogP contribution in [0.5, 0.6) is 0 Å². The molecule has 1 heterocycles. The van der Waals surface area contributed by atoms with Crippen molar-refractivity contribution in [3.05, 3.63) is 21.9 Å². The van der Waals surface area contributed by atoms with Crippen LogP contribution in [0.1, 0.15) is 16.2 Å². The van der Waals surface area contributed by atoms with E-state index in [0.29, 0.717) is 19.5 Å². The summed E-state index contributed by atoms with van der Waals surface area (Å²) in [4.78, 5) is 28.7. The van der Waals surface area contributed by atoms with Crippen molar-refractivity contribution >= 4 is 23.3 Å². The SMILES string of the molecule is Cc1ccc(CN(C)C(=O)NCCC(=O)N(C)C)s1. The molecule has 0 unspecified atom stereocenters. The number of nitrogens with zero attached hydrogens (tertiary/aromatic N) is 2. The van der Waals surface area contributed by atoms with E-state index in [2.05, 4.69) is 5.32 Å². The molecule has 0 radical (unpaired) electrons. The van der Waals surface area contributed by atoms with Crippen molar-refractivity contribution in [1.82, 2.24) is 15.1 Å². The molecule has 106 valence electrons. The highest BCUT2D eigenvalue weighted by Gasteiger charge is 2.10. The third-order valence-electron chi connectivity index (χ3n) is 2.65. The predicted octanol–water partition coefficient (Wildman–Crippen LogP) is 1.68. The Labute approximate surface area is 118 Å². The Bertz CT molecular complexity index is 443. The van der Waals surface area contributed by atoms with Crippen molar-refractivity contribution in [3.63, 3.8) is 0 Å². The maximum atomic E-state index is 11.8. The average Bonchev–Trinajstić information content (AvgIpc) is 2.74. The fourth-order valence-electron chi connectivity index (χ4n) is 1.51. The lowest BCUT2D eigenvalue weighted by molar-refractivity contribution is -0.128. The molecule has 0 fully saturated rings. The molecule has 0 saturated carbocycles. The Morgan fingerprint density at radius 3 is 2.47 bits per heavy atom. The number of nitrogens with one attached hydrogen (secondary N) is 1. The molecule has 19 heavy (non-hydrogen) atoms. The molecule has 1 aromatic heterocycles. The van der Waals surface area contributed by atoms with Crippen LogP contribution in [-0.2, 0) is 11.3 Å². The fraction of sp³-hybridized carbons (Fsp3) is 0.538. The van der Waals surface area contributed by atoms with E-state index >= 15 is 0 Å². The molecule has 0 aliphatic heterocycles. The van der Waals surface area contributed by atoms with E-state index in [1.165, 1.54) is 9.78 Å². The molecule has 1 N–H and O–H groups in total. The number of rotatable bonds is 5. The van der Waals surface area contributed by atoms with Crippen LogP contribution in [0.3, 0.4) is 0 Å². The van der Waals surface area contributed by atoms with Crippen LogP contribution < -0.4 is 5.32 Å². The quantitative estimate of drug-likeness (QED) is 0.894. The summed E-state index contributed by atoms with van der Waals surface area (Å²) in [5.41, 5.74) is 0. The molecule has 0 aromatic carbocycles. The first kappa shape index (κ1) is 15.5. The van der Waals surface area contributed by atoms with Gasteiger partial charge in [-0.2, -0.15) is 0 Å². The minimum Gasteiger partial charge on any atom is -0.349 e. The summed E-state index contributed by atoms with van der Waals surface area (Å²) in [6, 6.07) is 3.92. The summed E-state index contributed by atoms with van der Waals surface area (Å²) in [6.07, 6.45) is 0.324. The van der Waals surface area contributed by atoms with Gasteiger partial charge in [0.1, 0.15) is 0 Å². The summed E-state index contributed by atoms with van der Waals surface area (Å²) >= 11 is 1.68. The molecule has 6 heteroatoms.